The Kier molecular flexibility index (Phi) is 4.52. The Bertz CT molecular complexity index is 635. The van der Waals surface area contributed by atoms with E-state index in [9.17, 15) is 4.79 Å². The SMILES string of the molecule is Cc1cccc(Oc2ccccc2/C=C/C(=O)NO)c1. The molecule has 2 aromatic rings. The number of aryl methyl sites for hydroxylation is 1. The number of amides is 1. The van der Waals surface area contributed by atoms with Gasteiger partial charge in [0.15, 0.2) is 0 Å². The van der Waals surface area contributed by atoms with E-state index in [0.717, 1.165) is 16.9 Å². The van der Waals surface area contributed by atoms with Gasteiger partial charge in [-0.1, -0.05) is 30.3 Å². The van der Waals surface area contributed by atoms with Crippen molar-refractivity contribution < 1.29 is 14.7 Å². The van der Waals surface area contributed by atoms with E-state index in [2.05, 4.69) is 0 Å². The first kappa shape index (κ1) is 13.8. The Balaban J connectivity index is 2.24. The zero-order valence-corrected chi connectivity index (χ0v) is 11.0. The molecule has 102 valence electrons. The Labute approximate surface area is 117 Å². The van der Waals surface area contributed by atoms with Gasteiger partial charge in [-0.2, -0.15) is 0 Å². The van der Waals surface area contributed by atoms with Crippen LogP contribution in [-0.2, 0) is 4.79 Å². The van der Waals surface area contributed by atoms with E-state index in [-0.39, 0.29) is 0 Å². The van der Waals surface area contributed by atoms with Crippen LogP contribution in [0.4, 0.5) is 0 Å². The fraction of sp³-hybridized carbons (Fsp3) is 0.0625. The molecule has 0 saturated carbocycles. The highest BCUT2D eigenvalue weighted by molar-refractivity contribution is 5.91. The Morgan fingerprint density at radius 3 is 2.75 bits per heavy atom. The van der Waals surface area contributed by atoms with Crippen LogP contribution in [0.15, 0.2) is 54.6 Å². The molecule has 0 spiro atoms. The molecule has 0 aliphatic heterocycles. The molecule has 4 heteroatoms. The van der Waals surface area contributed by atoms with Crippen molar-refractivity contribution in [3.8, 4) is 11.5 Å². The third-order valence-corrected chi connectivity index (χ3v) is 2.66. The molecule has 20 heavy (non-hydrogen) atoms. The molecule has 0 atom stereocenters. The van der Waals surface area contributed by atoms with Gasteiger partial charge < -0.3 is 4.74 Å². The number of hydrogen-bond donors (Lipinski definition) is 2. The minimum atomic E-state index is -0.588. The van der Waals surface area contributed by atoms with Crippen molar-refractivity contribution in [1.82, 2.24) is 5.48 Å². The van der Waals surface area contributed by atoms with E-state index in [1.807, 2.05) is 55.5 Å². The van der Waals surface area contributed by atoms with Crippen LogP contribution in [-0.4, -0.2) is 11.1 Å². The molecular weight excluding hydrogens is 254 g/mol. The summed E-state index contributed by atoms with van der Waals surface area (Å²) in [6.45, 7) is 1.99. The third-order valence-electron chi connectivity index (χ3n) is 2.66. The first-order valence-electron chi connectivity index (χ1n) is 6.15. The number of ether oxygens (including phenoxy) is 1. The molecule has 1 amide bonds. The molecule has 0 radical (unpaired) electrons. The predicted octanol–water partition coefficient (Wildman–Crippen LogP) is 3.31. The Morgan fingerprint density at radius 2 is 2.00 bits per heavy atom. The van der Waals surface area contributed by atoms with Crippen molar-refractivity contribution in [3.63, 3.8) is 0 Å². The second-order valence-corrected chi connectivity index (χ2v) is 4.27. The lowest BCUT2D eigenvalue weighted by Gasteiger charge is -2.09. The molecule has 0 bridgehead atoms. The summed E-state index contributed by atoms with van der Waals surface area (Å²) in [6.07, 6.45) is 2.81. The van der Waals surface area contributed by atoms with E-state index in [1.165, 1.54) is 6.08 Å². The fourth-order valence-electron chi connectivity index (χ4n) is 1.72. The lowest BCUT2D eigenvalue weighted by molar-refractivity contribution is -0.124. The second kappa shape index (κ2) is 6.54. The monoisotopic (exact) mass is 269 g/mol. The summed E-state index contributed by atoms with van der Waals surface area (Å²) in [4.78, 5) is 11.0. The van der Waals surface area contributed by atoms with Gasteiger partial charge in [-0.3, -0.25) is 10.0 Å². The summed E-state index contributed by atoms with van der Waals surface area (Å²) in [7, 11) is 0. The number of hydroxylamine groups is 1. The predicted molar refractivity (Wildman–Crippen MR) is 76.7 cm³/mol. The smallest absolute Gasteiger partial charge is 0.267 e. The number of nitrogens with one attached hydrogen (secondary N) is 1. The van der Waals surface area contributed by atoms with Crippen LogP contribution in [0.1, 0.15) is 11.1 Å². The maximum atomic E-state index is 11.0. The van der Waals surface area contributed by atoms with Crippen LogP contribution in [0.25, 0.3) is 6.08 Å². The molecule has 0 fully saturated rings. The highest BCUT2D eigenvalue weighted by atomic mass is 16.5. The molecule has 0 heterocycles. The fourth-order valence-corrected chi connectivity index (χ4v) is 1.72. The Hall–Kier alpha value is -2.59. The van der Waals surface area contributed by atoms with Crippen LogP contribution in [0.2, 0.25) is 0 Å². The quantitative estimate of drug-likeness (QED) is 0.508. The van der Waals surface area contributed by atoms with Crippen molar-refractivity contribution in [3.05, 3.63) is 65.7 Å². The maximum absolute atomic E-state index is 11.0. The van der Waals surface area contributed by atoms with Gasteiger partial charge in [0.1, 0.15) is 11.5 Å². The minimum absolute atomic E-state index is 0.588. The molecule has 0 unspecified atom stereocenters. The second-order valence-electron chi connectivity index (χ2n) is 4.27. The summed E-state index contributed by atoms with van der Waals surface area (Å²) < 4.78 is 5.81. The normalized spacial score (nSPS) is 10.5. The number of carbonyl (C=O) groups excluding carboxylic acids is 1. The number of hydrogen-bond acceptors (Lipinski definition) is 3. The first-order valence-corrected chi connectivity index (χ1v) is 6.15. The Morgan fingerprint density at radius 1 is 1.20 bits per heavy atom. The lowest BCUT2D eigenvalue weighted by Crippen LogP contribution is -2.14. The van der Waals surface area contributed by atoms with Gasteiger partial charge in [0.2, 0.25) is 0 Å². The van der Waals surface area contributed by atoms with Gasteiger partial charge in [0.25, 0.3) is 5.91 Å². The average Bonchev–Trinajstić information content (AvgIpc) is 2.46. The van der Waals surface area contributed by atoms with Crippen LogP contribution >= 0.6 is 0 Å². The molecule has 0 aromatic heterocycles. The van der Waals surface area contributed by atoms with E-state index in [1.54, 1.807) is 11.6 Å². The molecule has 4 nitrogen and oxygen atoms in total. The van der Waals surface area contributed by atoms with Crippen LogP contribution in [0.3, 0.4) is 0 Å². The van der Waals surface area contributed by atoms with E-state index in [4.69, 9.17) is 9.94 Å². The molecule has 2 rings (SSSR count). The summed E-state index contributed by atoms with van der Waals surface area (Å²) >= 11 is 0. The van der Waals surface area contributed by atoms with Gasteiger partial charge >= 0.3 is 0 Å². The summed E-state index contributed by atoms with van der Waals surface area (Å²) in [6, 6.07) is 15.1. The average molecular weight is 269 g/mol. The zero-order valence-electron chi connectivity index (χ0n) is 11.0. The number of benzene rings is 2. The van der Waals surface area contributed by atoms with E-state index < -0.39 is 5.91 Å². The van der Waals surface area contributed by atoms with Gasteiger partial charge in [-0.05, 0) is 36.8 Å². The third kappa shape index (κ3) is 3.70. The number of para-hydroxylation sites is 1. The topological polar surface area (TPSA) is 58.6 Å². The van der Waals surface area contributed by atoms with Gasteiger partial charge in [0, 0.05) is 11.6 Å². The van der Waals surface area contributed by atoms with Crippen molar-refractivity contribution in [2.75, 3.05) is 0 Å². The van der Waals surface area contributed by atoms with Gasteiger partial charge in [-0.15, -0.1) is 0 Å². The van der Waals surface area contributed by atoms with Crippen molar-refractivity contribution in [2.24, 2.45) is 0 Å². The molecule has 0 aliphatic rings. The molecule has 2 aromatic carbocycles. The van der Waals surface area contributed by atoms with Crippen molar-refractivity contribution >= 4 is 12.0 Å². The van der Waals surface area contributed by atoms with Gasteiger partial charge in [-0.25, -0.2) is 5.48 Å². The van der Waals surface area contributed by atoms with Crippen LogP contribution in [0, 0.1) is 6.92 Å². The molecule has 2 N–H and O–H groups in total. The number of rotatable bonds is 4. The summed E-state index contributed by atoms with van der Waals surface area (Å²) in [5.41, 5.74) is 3.40. The zero-order chi connectivity index (χ0) is 14.4. The molecule has 0 saturated heterocycles. The summed E-state index contributed by atoms with van der Waals surface area (Å²) in [5.74, 6) is 0.785. The maximum Gasteiger partial charge on any atom is 0.267 e. The summed E-state index contributed by atoms with van der Waals surface area (Å²) in [5, 5.41) is 8.47. The molecular formula is C16H15NO3. The largest absolute Gasteiger partial charge is 0.457 e. The van der Waals surface area contributed by atoms with Crippen LogP contribution in [0.5, 0.6) is 11.5 Å². The first-order chi connectivity index (χ1) is 9.69. The highest BCUT2D eigenvalue weighted by Gasteiger charge is 2.02. The van der Waals surface area contributed by atoms with Crippen molar-refractivity contribution in [2.45, 2.75) is 6.92 Å². The van der Waals surface area contributed by atoms with Crippen LogP contribution < -0.4 is 10.2 Å². The standard InChI is InChI=1S/C16H15NO3/c1-12-5-4-7-14(11-12)20-15-8-3-2-6-13(15)9-10-16(18)17-19/h2-11,19H,1H3,(H,17,18)/b10-9+. The minimum Gasteiger partial charge on any atom is -0.457 e. The van der Waals surface area contributed by atoms with Crippen molar-refractivity contribution in [1.29, 1.82) is 0 Å². The van der Waals surface area contributed by atoms with Gasteiger partial charge in [0.05, 0.1) is 0 Å². The highest BCUT2D eigenvalue weighted by Crippen LogP contribution is 2.26. The number of carbonyl (C=O) groups is 1. The van der Waals surface area contributed by atoms with E-state index in [0.29, 0.717) is 5.75 Å². The lowest BCUT2D eigenvalue weighted by atomic mass is 10.2. The molecule has 0 aliphatic carbocycles. The van der Waals surface area contributed by atoms with E-state index >= 15 is 0 Å².